The molecule has 0 aliphatic carbocycles. The first kappa shape index (κ1) is 19.2. The third-order valence-electron chi connectivity index (χ3n) is 4.40. The number of hydrogen-bond acceptors (Lipinski definition) is 3. The first-order valence-electron chi connectivity index (χ1n) is 8.74. The van der Waals surface area contributed by atoms with Crippen molar-refractivity contribution in [3.63, 3.8) is 0 Å². The molecule has 0 aromatic heterocycles. The minimum Gasteiger partial charge on any atom is -0.484 e. The number of likely N-dealkylation sites (tertiary alicyclic amines) is 1. The molecule has 0 atom stereocenters. The fourth-order valence-corrected chi connectivity index (χ4v) is 3.11. The quantitative estimate of drug-likeness (QED) is 0.852. The number of carbonyl (C=O) groups excluding carboxylic acids is 2. The predicted octanol–water partition coefficient (Wildman–Crippen LogP) is 3.28. The number of carbonyl (C=O) groups is 2. The van der Waals surface area contributed by atoms with Crippen molar-refractivity contribution in [1.82, 2.24) is 10.2 Å². The Morgan fingerprint density at radius 3 is 2.52 bits per heavy atom. The van der Waals surface area contributed by atoms with Gasteiger partial charge in [-0.05, 0) is 55.3 Å². The summed E-state index contributed by atoms with van der Waals surface area (Å²) in [5.74, 6) is -0.251. The Balaban J connectivity index is 1.43. The van der Waals surface area contributed by atoms with Crippen molar-refractivity contribution in [1.29, 1.82) is 0 Å². The maximum atomic E-state index is 13.3. The van der Waals surface area contributed by atoms with Gasteiger partial charge in [0.1, 0.15) is 11.6 Å². The molecule has 2 aromatic carbocycles. The number of hydrogen-bond donors (Lipinski definition) is 1. The summed E-state index contributed by atoms with van der Waals surface area (Å²) < 4.78 is 18.7. The van der Waals surface area contributed by atoms with Gasteiger partial charge in [0.2, 0.25) is 0 Å². The Labute approximate surface area is 162 Å². The Morgan fingerprint density at radius 2 is 1.85 bits per heavy atom. The number of benzene rings is 2. The van der Waals surface area contributed by atoms with Gasteiger partial charge in [-0.2, -0.15) is 0 Å². The Bertz CT molecular complexity index is 805. The van der Waals surface area contributed by atoms with Gasteiger partial charge in [0.25, 0.3) is 11.8 Å². The van der Waals surface area contributed by atoms with E-state index in [0.29, 0.717) is 42.3 Å². The number of nitrogens with one attached hydrogen (secondary N) is 1. The molecular formula is C20H20ClFN2O3. The van der Waals surface area contributed by atoms with Gasteiger partial charge in [0, 0.05) is 29.7 Å². The molecule has 1 fully saturated rings. The van der Waals surface area contributed by atoms with Crippen LogP contribution in [0, 0.1) is 5.82 Å². The number of ether oxygens (including phenoxy) is 1. The molecular weight excluding hydrogens is 371 g/mol. The summed E-state index contributed by atoms with van der Waals surface area (Å²) in [6.07, 6.45) is 1.29. The van der Waals surface area contributed by atoms with E-state index in [-0.39, 0.29) is 24.5 Å². The van der Waals surface area contributed by atoms with Gasteiger partial charge in [-0.25, -0.2) is 4.39 Å². The van der Waals surface area contributed by atoms with Crippen LogP contribution in [0.15, 0.2) is 48.5 Å². The summed E-state index contributed by atoms with van der Waals surface area (Å²) in [5.41, 5.74) is 0.342. The average Bonchev–Trinajstić information content (AvgIpc) is 2.67. The molecule has 5 nitrogen and oxygen atoms in total. The van der Waals surface area contributed by atoms with E-state index in [4.69, 9.17) is 16.3 Å². The molecule has 0 radical (unpaired) electrons. The second-order valence-corrected chi connectivity index (χ2v) is 6.82. The van der Waals surface area contributed by atoms with Gasteiger partial charge in [-0.3, -0.25) is 9.59 Å². The summed E-state index contributed by atoms with van der Waals surface area (Å²) in [5, 5.41) is 3.52. The van der Waals surface area contributed by atoms with Crippen molar-refractivity contribution in [2.75, 3.05) is 19.7 Å². The molecule has 0 spiro atoms. The van der Waals surface area contributed by atoms with Crippen LogP contribution >= 0.6 is 11.6 Å². The molecule has 1 saturated heterocycles. The van der Waals surface area contributed by atoms with Crippen molar-refractivity contribution in [3.8, 4) is 5.75 Å². The Kier molecular flexibility index (Phi) is 6.29. The minimum absolute atomic E-state index is 0.0112. The van der Waals surface area contributed by atoms with Crippen LogP contribution in [-0.4, -0.2) is 42.5 Å². The largest absolute Gasteiger partial charge is 0.484 e. The van der Waals surface area contributed by atoms with E-state index in [1.807, 2.05) is 0 Å². The van der Waals surface area contributed by atoms with Crippen LogP contribution in [0.5, 0.6) is 5.75 Å². The van der Waals surface area contributed by atoms with Gasteiger partial charge in [-0.15, -0.1) is 0 Å². The zero-order valence-electron chi connectivity index (χ0n) is 14.7. The van der Waals surface area contributed by atoms with Gasteiger partial charge in [-0.1, -0.05) is 17.7 Å². The van der Waals surface area contributed by atoms with Crippen LogP contribution < -0.4 is 10.1 Å². The second kappa shape index (κ2) is 8.86. The van der Waals surface area contributed by atoms with E-state index in [2.05, 4.69) is 5.32 Å². The number of halogens is 2. The molecule has 2 amide bonds. The number of rotatable bonds is 5. The molecule has 1 N–H and O–H groups in total. The van der Waals surface area contributed by atoms with E-state index < -0.39 is 5.82 Å². The second-order valence-electron chi connectivity index (χ2n) is 6.39. The molecule has 0 bridgehead atoms. The van der Waals surface area contributed by atoms with Crippen molar-refractivity contribution in [3.05, 3.63) is 64.9 Å². The molecule has 27 heavy (non-hydrogen) atoms. The lowest BCUT2D eigenvalue weighted by Gasteiger charge is -2.32. The lowest BCUT2D eigenvalue weighted by atomic mass is 10.0. The lowest BCUT2D eigenvalue weighted by Crippen LogP contribution is -2.47. The lowest BCUT2D eigenvalue weighted by molar-refractivity contribution is -0.124. The zero-order chi connectivity index (χ0) is 19.2. The molecule has 7 heteroatoms. The normalized spacial score (nSPS) is 14.7. The van der Waals surface area contributed by atoms with Crippen molar-refractivity contribution < 1.29 is 18.7 Å². The third kappa shape index (κ3) is 5.44. The van der Waals surface area contributed by atoms with Crippen LogP contribution in [0.4, 0.5) is 4.39 Å². The van der Waals surface area contributed by atoms with Crippen LogP contribution in [0.25, 0.3) is 0 Å². The van der Waals surface area contributed by atoms with Crippen LogP contribution in [-0.2, 0) is 4.79 Å². The van der Waals surface area contributed by atoms with E-state index in [1.165, 1.54) is 18.2 Å². The topological polar surface area (TPSA) is 58.6 Å². The fraction of sp³-hybridized carbons (Fsp3) is 0.300. The highest BCUT2D eigenvalue weighted by atomic mass is 35.5. The highest BCUT2D eigenvalue weighted by Crippen LogP contribution is 2.16. The summed E-state index contributed by atoms with van der Waals surface area (Å²) in [4.78, 5) is 26.1. The standard InChI is InChI=1S/C20H20ClFN2O3/c21-15-4-6-18(7-5-15)27-13-19(25)23-17-8-10-24(11-9-17)20(26)14-2-1-3-16(22)12-14/h1-7,12,17H,8-11,13H2,(H,23,25). The van der Waals surface area contributed by atoms with Gasteiger partial charge >= 0.3 is 0 Å². The molecule has 0 unspecified atom stereocenters. The van der Waals surface area contributed by atoms with Crippen LogP contribution in [0.3, 0.4) is 0 Å². The van der Waals surface area contributed by atoms with Crippen molar-refractivity contribution in [2.45, 2.75) is 18.9 Å². The predicted molar refractivity (Wildman–Crippen MR) is 100 cm³/mol. The van der Waals surface area contributed by atoms with Crippen LogP contribution in [0.1, 0.15) is 23.2 Å². The maximum Gasteiger partial charge on any atom is 0.258 e. The van der Waals surface area contributed by atoms with E-state index in [1.54, 1.807) is 35.2 Å². The number of nitrogens with zero attached hydrogens (tertiary/aromatic N) is 1. The van der Waals surface area contributed by atoms with E-state index >= 15 is 0 Å². The monoisotopic (exact) mass is 390 g/mol. The van der Waals surface area contributed by atoms with Crippen molar-refractivity contribution >= 4 is 23.4 Å². The first-order chi connectivity index (χ1) is 13.0. The molecule has 0 saturated carbocycles. The average molecular weight is 391 g/mol. The van der Waals surface area contributed by atoms with Gasteiger partial charge in [0.15, 0.2) is 6.61 Å². The van der Waals surface area contributed by atoms with Gasteiger partial charge < -0.3 is 15.0 Å². The molecule has 3 rings (SSSR count). The molecule has 1 heterocycles. The third-order valence-corrected chi connectivity index (χ3v) is 4.65. The Morgan fingerprint density at radius 1 is 1.15 bits per heavy atom. The highest BCUT2D eigenvalue weighted by Gasteiger charge is 2.24. The smallest absolute Gasteiger partial charge is 0.258 e. The fourth-order valence-electron chi connectivity index (χ4n) is 2.98. The molecule has 1 aliphatic rings. The number of amides is 2. The molecule has 1 aliphatic heterocycles. The van der Waals surface area contributed by atoms with Gasteiger partial charge in [0.05, 0.1) is 0 Å². The maximum absolute atomic E-state index is 13.3. The molecule has 2 aromatic rings. The molecule has 142 valence electrons. The Hall–Kier alpha value is -2.60. The minimum atomic E-state index is -0.427. The number of piperidine rings is 1. The summed E-state index contributed by atoms with van der Waals surface area (Å²) in [6, 6.07) is 12.5. The van der Waals surface area contributed by atoms with Crippen molar-refractivity contribution in [2.24, 2.45) is 0 Å². The summed E-state index contributed by atoms with van der Waals surface area (Å²) in [6.45, 7) is 0.945. The first-order valence-corrected chi connectivity index (χ1v) is 9.11. The zero-order valence-corrected chi connectivity index (χ0v) is 15.4. The SMILES string of the molecule is O=C(COc1ccc(Cl)cc1)NC1CCN(C(=O)c2cccc(F)c2)CC1. The van der Waals surface area contributed by atoms with Crippen LogP contribution in [0.2, 0.25) is 5.02 Å². The highest BCUT2D eigenvalue weighted by molar-refractivity contribution is 6.30. The van der Waals surface area contributed by atoms with E-state index in [9.17, 15) is 14.0 Å². The summed E-state index contributed by atoms with van der Waals surface area (Å²) in [7, 11) is 0. The van der Waals surface area contributed by atoms with E-state index in [0.717, 1.165) is 0 Å². The summed E-state index contributed by atoms with van der Waals surface area (Å²) >= 11 is 5.80.